The van der Waals surface area contributed by atoms with Gasteiger partial charge in [0.25, 0.3) is 0 Å². The van der Waals surface area contributed by atoms with Gasteiger partial charge in [0.1, 0.15) is 11.4 Å². The fraction of sp³-hybridized carbons (Fsp3) is 0.538. The molecule has 0 aromatic heterocycles. The molecule has 1 aromatic carbocycles. The molecule has 1 saturated heterocycles. The van der Waals surface area contributed by atoms with E-state index in [1.54, 1.807) is 0 Å². The third kappa shape index (κ3) is 2.20. The van der Waals surface area contributed by atoms with Gasteiger partial charge in [-0.15, -0.1) is 0 Å². The second-order valence-electron chi connectivity index (χ2n) is 4.48. The zero-order valence-electron chi connectivity index (χ0n) is 9.94. The summed E-state index contributed by atoms with van der Waals surface area (Å²) >= 11 is 0. The smallest absolute Gasteiger partial charge is 0.119 e. The van der Waals surface area contributed by atoms with E-state index in [0.29, 0.717) is 13.2 Å². The molecule has 1 fully saturated rings. The van der Waals surface area contributed by atoms with Crippen molar-refractivity contribution in [1.82, 2.24) is 4.90 Å². The number of hydrogen-bond acceptors (Lipinski definition) is 3. The normalized spacial score (nSPS) is 25.9. The highest BCUT2D eigenvalue weighted by Crippen LogP contribution is 2.31. The lowest BCUT2D eigenvalue weighted by Gasteiger charge is -2.23. The summed E-state index contributed by atoms with van der Waals surface area (Å²) in [5, 5.41) is 10.5. The van der Waals surface area contributed by atoms with E-state index in [4.69, 9.17) is 4.74 Å². The maximum atomic E-state index is 10.5. The summed E-state index contributed by atoms with van der Waals surface area (Å²) in [7, 11) is 2.03. The molecule has 1 atom stereocenters. The molecule has 3 heteroatoms. The topological polar surface area (TPSA) is 32.7 Å². The number of β-amino-alcohol motifs (C(OH)–C–C–N with tert-alkyl or cyclic N) is 1. The first-order valence-electron chi connectivity index (χ1n) is 5.78. The average molecular weight is 221 g/mol. The Morgan fingerprint density at radius 2 is 2.06 bits per heavy atom. The Kier molecular flexibility index (Phi) is 3.17. The Morgan fingerprint density at radius 1 is 1.38 bits per heavy atom. The molecule has 0 saturated carbocycles. The minimum atomic E-state index is -0.681. The molecular formula is C13H19NO2. The summed E-state index contributed by atoms with van der Waals surface area (Å²) in [5.41, 5.74) is 0.305. The highest BCUT2D eigenvalue weighted by molar-refractivity contribution is 5.31. The van der Waals surface area contributed by atoms with Crippen LogP contribution in [0.25, 0.3) is 0 Å². The van der Waals surface area contributed by atoms with Gasteiger partial charge in [0.2, 0.25) is 0 Å². The standard InChI is InChI=1S/C13H19NO2/c1-3-16-12-6-4-11(5-7-12)13(15)8-9-14(2)10-13/h4-7,15H,3,8-10H2,1-2H3. The number of benzene rings is 1. The predicted molar refractivity (Wildman–Crippen MR) is 63.6 cm³/mol. The SMILES string of the molecule is CCOc1ccc(C2(O)CCN(C)C2)cc1. The van der Waals surface area contributed by atoms with Crippen LogP contribution in [0.15, 0.2) is 24.3 Å². The summed E-state index contributed by atoms with van der Waals surface area (Å²) in [6, 6.07) is 7.78. The quantitative estimate of drug-likeness (QED) is 0.841. The Bertz CT molecular complexity index is 349. The van der Waals surface area contributed by atoms with Gasteiger partial charge in [-0.2, -0.15) is 0 Å². The molecule has 1 aromatic rings. The van der Waals surface area contributed by atoms with Gasteiger partial charge in [-0.05, 0) is 38.1 Å². The monoisotopic (exact) mass is 221 g/mol. The molecule has 2 rings (SSSR count). The van der Waals surface area contributed by atoms with Crippen molar-refractivity contribution in [1.29, 1.82) is 0 Å². The van der Waals surface area contributed by atoms with Crippen molar-refractivity contribution in [3.8, 4) is 5.75 Å². The van der Waals surface area contributed by atoms with Crippen molar-refractivity contribution in [2.45, 2.75) is 18.9 Å². The van der Waals surface area contributed by atoms with Crippen molar-refractivity contribution in [2.75, 3.05) is 26.7 Å². The number of aliphatic hydroxyl groups is 1. The molecule has 1 aliphatic rings. The molecule has 0 spiro atoms. The van der Waals surface area contributed by atoms with Gasteiger partial charge >= 0.3 is 0 Å². The van der Waals surface area contributed by atoms with Gasteiger partial charge < -0.3 is 14.7 Å². The lowest BCUT2D eigenvalue weighted by molar-refractivity contribution is 0.0488. The molecule has 16 heavy (non-hydrogen) atoms. The minimum Gasteiger partial charge on any atom is -0.494 e. The van der Waals surface area contributed by atoms with Crippen LogP contribution in [0.5, 0.6) is 5.75 Å². The zero-order valence-corrected chi connectivity index (χ0v) is 9.94. The van der Waals surface area contributed by atoms with Crippen LogP contribution in [-0.2, 0) is 5.60 Å². The van der Waals surface area contributed by atoms with Crippen molar-refractivity contribution >= 4 is 0 Å². The highest BCUT2D eigenvalue weighted by atomic mass is 16.5. The van der Waals surface area contributed by atoms with Crippen molar-refractivity contribution in [3.05, 3.63) is 29.8 Å². The lowest BCUT2D eigenvalue weighted by atomic mass is 9.93. The fourth-order valence-electron chi connectivity index (χ4n) is 2.24. The largest absolute Gasteiger partial charge is 0.494 e. The molecule has 0 amide bonds. The van der Waals surface area contributed by atoms with Crippen LogP contribution in [-0.4, -0.2) is 36.8 Å². The predicted octanol–water partition coefficient (Wildman–Crippen LogP) is 1.61. The van der Waals surface area contributed by atoms with E-state index in [1.807, 2.05) is 38.2 Å². The Labute approximate surface area is 96.6 Å². The van der Waals surface area contributed by atoms with Crippen LogP contribution in [0.2, 0.25) is 0 Å². The van der Waals surface area contributed by atoms with Crippen molar-refractivity contribution < 1.29 is 9.84 Å². The van der Waals surface area contributed by atoms with Crippen LogP contribution in [0, 0.1) is 0 Å². The van der Waals surface area contributed by atoms with Crippen LogP contribution in [0.4, 0.5) is 0 Å². The first-order valence-corrected chi connectivity index (χ1v) is 5.78. The van der Waals surface area contributed by atoms with Crippen LogP contribution < -0.4 is 4.74 Å². The van der Waals surface area contributed by atoms with Gasteiger partial charge in [0.05, 0.1) is 6.61 Å². The maximum absolute atomic E-state index is 10.5. The first kappa shape index (κ1) is 11.4. The molecule has 0 radical (unpaired) electrons. The van der Waals surface area contributed by atoms with Gasteiger partial charge in [-0.1, -0.05) is 12.1 Å². The van der Waals surface area contributed by atoms with Gasteiger partial charge in [-0.25, -0.2) is 0 Å². The van der Waals surface area contributed by atoms with E-state index >= 15 is 0 Å². The first-order chi connectivity index (χ1) is 7.64. The molecule has 1 unspecified atom stereocenters. The summed E-state index contributed by atoms with van der Waals surface area (Å²) in [5.74, 6) is 0.862. The maximum Gasteiger partial charge on any atom is 0.119 e. The third-order valence-corrected chi connectivity index (χ3v) is 3.14. The second kappa shape index (κ2) is 4.44. The molecule has 1 N–H and O–H groups in total. The van der Waals surface area contributed by atoms with E-state index < -0.39 is 5.60 Å². The Balaban J connectivity index is 2.15. The zero-order chi connectivity index (χ0) is 11.6. The summed E-state index contributed by atoms with van der Waals surface area (Å²) in [6.07, 6.45) is 0.803. The minimum absolute atomic E-state index is 0.673. The van der Waals surface area contributed by atoms with E-state index in [1.165, 1.54) is 0 Å². The van der Waals surface area contributed by atoms with Crippen LogP contribution >= 0.6 is 0 Å². The van der Waals surface area contributed by atoms with Crippen LogP contribution in [0.1, 0.15) is 18.9 Å². The number of likely N-dealkylation sites (N-methyl/N-ethyl adjacent to an activating group) is 1. The number of rotatable bonds is 3. The second-order valence-corrected chi connectivity index (χ2v) is 4.48. The molecule has 3 nitrogen and oxygen atoms in total. The summed E-state index contributed by atoms with van der Waals surface area (Å²) in [4.78, 5) is 2.15. The molecule has 0 aliphatic carbocycles. The highest BCUT2D eigenvalue weighted by Gasteiger charge is 2.35. The Hall–Kier alpha value is -1.06. The number of hydrogen-bond donors (Lipinski definition) is 1. The molecular weight excluding hydrogens is 202 g/mol. The molecule has 1 aliphatic heterocycles. The van der Waals surface area contributed by atoms with Crippen molar-refractivity contribution in [2.24, 2.45) is 0 Å². The number of ether oxygens (including phenoxy) is 1. The fourth-order valence-corrected chi connectivity index (χ4v) is 2.24. The van der Waals surface area contributed by atoms with Gasteiger partial charge in [-0.3, -0.25) is 0 Å². The van der Waals surface area contributed by atoms with E-state index in [9.17, 15) is 5.11 Å². The van der Waals surface area contributed by atoms with E-state index in [0.717, 1.165) is 24.3 Å². The summed E-state index contributed by atoms with van der Waals surface area (Å²) in [6.45, 7) is 4.30. The molecule has 88 valence electrons. The molecule has 0 bridgehead atoms. The van der Waals surface area contributed by atoms with E-state index in [-0.39, 0.29) is 0 Å². The average Bonchev–Trinajstić information content (AvgIpc) is 2.61. The summed E-state index contributed by atoms with van der Waals surface area (Å²) < 4.78 is 5.39. The van der Waals surface area contributed by atoms with E-state index in [2.05, 4.69) is 4.90 Å². The lowest BCUT2D eigenvalue weighted by Crippen LogP contribution is -2.28. The number of likely N-dealkylation sites (tertiary alicyclic amines) is 1. The third-order valence-electron chi connectivity index (χ3n) is 3.14. The van der Waals surface area contributed by atoms with Gasteiger partial charge in [0.15, 0.2) is 0 Å². The van der Waals surface area contributed by atoms with Crippen LogP contribution in [0.3, 0.4) is 0 Å². The van der Waals surface area contributed by atoms with Crippen molar-refractivity contribution in [3.63, 3.8) is 0 Å². The number of nitrogens with zero attached hydrogens (tertiary/aromatic N) is 1. The Morgan fingerprint density at radius 3 is 2.56 bits per heavy atom. The molecule has 1 heterocycles. The van der Waals surface area contributed by atoms with Gasteiger partial charge in [0, 0.05) is 13.1 Å².